The number of anilines is 1. The highest BCUT2D eigenvalue weighted by molar-refractivity contribution is 7.91. The zero-order chi connectivity index (χ0) is 26.5. The molecule has 0 bridgehead atoms. The summed E-state index contributed by atoms with van der Waals surface area (Å²) < 4.78 is 30.2. The summed E-state index contributed by atoms with van der Waals surface area (Å²) in [6, 6.07) is 12.8. The van der Waals surface area contributed by atoms with Gasteiger partial charge >= 0.3 is 0 Å². The number of carbonyl (C=O) groups excluding carboxylic acids is 2. The van der Waals surface area contributed by atoms with Gasteiger partial charge in [0.25, 0.3) is 0 Å². The van der Waals surface area contributed by atoms with Gasteiger partial charge in [-0.05, 0) is 36.5 Å². The summed E-state index contributed by atoms with van der Waals surface area (Å²) in [5.41, 5.74) is -0.0777. The number of hydrogen-bond donors (Lipinski definition) is 1. The Bertz CT molecular complexity index is 1540. The number of pyridine rings is 1. The van der Waals surface area contributed by atoms with Crippen LogP contribution >= 0.6 is 11.6 Å². The lowest BCUT2D eigenvalue weighted by Gasteiger charge is -2.40. The Morgan fingerprint density at radius 2 is 1.95 bits per heavy atom. The molecule has 2 aromatic carbocycles. The number of piperidine rings is 1. The molecule has 3 aliphatic heterocycles. The lowest BCUT2D eigenvalue weighted by molar-refractivity contribution is -0.138. The molecular weight excluding hydrogens is 526 g/mol. The average Bonchev–Trinajstić information content (AvgIpc) is 3.22. The molecule has 0 spiro atoms. The second kappa shape index (κ2) is 9.54. The Balaban J connectivity index is 1.34. The molecule has 3 atom stereocenters. The minimum absolute atomic E-state index is 0.0550. The Kier molecular flexibility index (Phi) is 6.31. The number of benzene rings is 2. The van der Waals surface area contributed by atoms with Gasteiger partial charge in [0.15, 0.2) is 9.84 Å². The van der Waals surface area contributed by atoms with Crippen LogP contribution < -0.4 is 10.1 Å². The first-order valence-electron chi connectivity index (χ1n) is 12.8. The fraction of sp³-hybridized carbons (Fsp3) is 0.393. The molecule has 198 valence electrons. The molecule has 3 aliphatic rings. The summed E-state index contributed by atoms with van der Waals surface area (Å²) in [7, 11) is -3.07. The molecule has 2 saturated heterocycles. The van der Waals surface area contributed by atoms with Crippen molar-refractivity contribution in [2.24, 2.45) is 11.8 Å². The topological polar surface area (TPSA) is 106 Å². The summed E-state index contributed by atoms with van der Waals surface area (Å²) in [5, 5.41) is 5.25. The minimum Gasteiger partial charge on any atom is -0.493 e. The molecule has 0 saturated carbocycles. The molecule has 38 heavy (non-hydrogen) atoms. The Labute approximate surface area is 226 Å². The van der Waals surface area contributed by atoms with Crippen molar-refractivity contribution in [3.63, 3.8) is 0 Å². The molecule has 0 aliphatic carbocycles. The van der Waals surface area contributed by atoms with Gasteiger partial charge in [-0.2, -0.15) is 0 Å². The first-order chi connectivity index (χ1) is 18.2. The van der Waals surface area contributed by atoms with E-state index in [1.54, 1.807) is 35.5 Å². The smallest absolute Gasteiger partial charge is 0.235 e. The maximum absolute atomic E-state index is 14.2. The molecule has 0 radical (unpaired) electrons. The third kappa shape index (κ3) is 4.52. The SMILES string of the molecule is O=C(CC1(C(=O)Nc2cncc3ccccc23)CCOc2ccc(Cl)cc21)N1CCC2CS(=O)(=O)CC2C1. The van der Waals surface area contributed by atoms with Crippen molar-refractivity contribution in [3.8, 4) is 5.75 Å². The maximum Gasteiger partial charge on any atom is 0.235 e. The van der Waals surface area contributed by atoms with Gasteiger partial charge in [-0.3, -0.25) is 14.6 Å². The van der Waals surface area contributed by atoms with Crippen LogP contribution in [0.25, 0.3) is 10.8 Å². The van der Waals surface area contributed by atoms with Crippen LogP contribution in [-0.2, 0) is 24.8 Å². The van der Waals surface area contributed by atoms with Crippen LogP contribution in [0, 0.1) is 11.8 Å². The number of ether oxygens (including phenoxy) is 1. The number of halogens is 1. The molecule has 1 aromatic heterocycles. The molecule has 3 unspecified atom stereocenters. The van der Waals surface area contributed by atoms with E-state index >= 15 is 0 Å². The molecule has 1 N–H and O–H groups in total. The van der Waals surface area contributed by atoms with E-state index in [1.165, 1.54) is 0 Å². The Morgan fingerprint density at radius 1 is 1.13 bits per heavy atom. The van der Waals surface area contributed by atoms with Gasteiger partial charge in [0.2, 0.25) is 11.8 Å². The van der Waals surface area contributed by atoms with Gasteiger partial charge in [-0.25, -0.2) is 8.42 Å². The van der Waals surface area contributed by atoms with E-state index in [4.69, 9.17) is 16.3 Å². The lowest BCUT2D eigenvalue weighted by Crippen LogP contribution is -2.50. The Morgan fingerprint density at radius 3 is 2.82 bits per heavy atom. The number of hydrogen-bond acceptors (Lipinski definition) is 6. The standard InChI is InChI=1S/C28H28ClN3O5S/c29-21-5-6-25-23(11-21)28(8-10-37-25,27(34)31-24-14-30-13-18-3-1-2-4-22(18)24)12-26(33)32-9-7-19-16-38(35,36)17-20(19)15-32/h1-6,11,13-14,19-20H,7-10,12,15-17H2,(H,31,34). The monoisotopic (exact) mass is 553 g/mol. The van der Waals surface area contributed by atoms with Crippen LogP contribution in [0.4, 0.5) is 5.69 Å². The van der Waals surface area contributed by atoms with E-state index in [0.29, 0.717) is 48.0 Å². The number of nitrogens with zero attached hydrogens (tertiary/aromatic N) is 2. The zero-order valence-corrected chi connectivity index (χ0v) is 22.3. The second-order valence-corrected chi connectivity index (χ2v) is 13.2. The molecule has 8 nitrogen and oxygen atoms in total. The minimum atomic E-state index is -3.07. The van der Waals surface area contributed by atoms with Gasteiger partial charge in [0.1, 0.15) is 5.75 Å². The van der Waals surface area contributed by atoms with Crippen LogP contribution in [0.15, 0.2) is 54.9 Å². The van der Waals surface area contributed by atoms with Crippen LogP contribution in [0.2, 0.25) is 5.02 Å². The molecule has 6 rings (SSSR count). The third-order valence-electron chi connectivity index (χ3n) is 8.23. The normalized spacial score (nSPS) is 25.8. The highest BCUT2D eigenvalue weighted by Gasteiger charge is 2.49. The van der Waals surface area contributed by atoms with Crippen LogP contribution in [0.5, 0.6) is 5.75 Å². The molecular formula is C28H28ClN3O5S. The number of aromatic nitrogens is 1. The number of rotatable bonds is 4. The van der Waals surface area contributed by atoms with E-state index < -0.39 is 15.3 Å². The average molecular weight is 554 g/mol. The van der Waals surface area contributed by atoms with Gasteiger partial charge in [0.05, 0.1) is 35.4 Å². The van der Waals surface area contributed by atoms with Crippen molar-refractivity contribution < 1.29 is 22.7 Å². The number of fused-ring (bicyclic) bond motifs is 3. The molecule has 2 amide bonds. The number of likely N-dealkylation sites (tertiary alicyclic amines) is 1. The summed E-state index contributed by atoms with van der Waals surface area (Å²) in [5.74, 6) is 0.395. The van der Waals surface area contributed by atoms with Gasteiger partial charge in [0, 0.05) is 53.5 Å². The van der Waals surface area contributed by atoms with Gasteiger partial charge < -0.3 is 15.0 Å². The highest BCUT2D eigenvalue weighted by Crippen LogP contribution is 2.44. The van der Waals surface area contributed by atoms with E-state index in [-0.39, 0.29) is 48.2 Å². The number of sulfone groups is 1. The van der Waals surface area contributed by atoms with E-state index in [1.807, 2.05) is 24.3 Å². The third-order valence-corrected chi connectivity index (χ3v) is 10.3. The molecule has 3 aromatic rings. The first-order valence-corrected chi connectivity index (χ1v) is 15.0. The van der Waals surface area contributed by atoms with Crippen molar-refractivity contribution in [3.05, 3.63) is 65.4 Å². The quantitative estimate of drug-likeness (QED) is 0.526. The van der Waals surface area contributed by atoms with Crippen molar-refractivity contribution in [2.45, 2.75) is 24.7 Å². The van der Waals surface area contributed by atoms with E-state index in [0.717, 1.165) is 10.8 Å². The number of nitrogens with one attached hydrogen (secondary N) is 1. The van der Waals surface area contributed by atoms with Crippen LogP contribution in [-0.4, -0.2) is 61.3 Å². The zero-order valence-electron chi connectivity index (χ0n) is 20.7. The maximum atomic E-state index is 14.2. The summed E-state index contributed by atoms with van der Waals surface area (Å²) in [6.07, 6.45) is 4.23. The summed E-state index contributed by atoms with van der Waals surface area (Å²) in [6.45, 7) is 1.15. The predicted octanol–water partition coefficient (Wildman–Crippen LogP) is 3.83. The Hall–Kier alpha value is -3.17. The van der Waals surface area contributed by atoms with Crippen LogP contribution in [0.1, 0.15) is 24.8 Å². The fourth-order valence-corrected chi connectivity index (χ4v) is 8.66. The van der Waals surface area contributed by atoms with Gasteiger partial charge in [-0.15, -0.1) is 0 Å². The first kappa shape index (κ1) is 25.1. The van der Waals surface area contributed by atoms with Gasteiger partial charge in [-0.1, -0.05) is 35.9 Å². The molecule has 2 fully saturated rings. The summed E-state index contributed by atoms with van der Waals surface area (Å²) >= 11 is 6.37. The number of carbonyl (C=O) groups is 2. The van der Waals surface area contributed by atoms with E-state index in [2.05, 4.69) is 10.3 Å². The second-order valence-electron chi connectivity index (χ2n) is 10.6. The summed E-state index contributed by atoms with van der Waals surface area (Å²) in [4.78, 5) is 34.0. The van der Waals surface area contributed by atoms with Crippen molar-refractivity contribution in [2.75, 3.05) is 36.5 Å². The molecule has 4 heterocycles. The predicted molar refractivity (Wildman–Crippen MR) is 145 cm³/mol. The number of amides is 2. The van der Waals surface area contributed by atoms with E-state index in [9.17, 15) is 18.0 Å². The largest absolute Gasteiger partial charge is 0.493 e. The van der Waals surface area contributed by atoms with Crippen molar-refractivity contribution in [1.29, 1.82) is 0 Å². The van der Waals surface area contributed by atoms with Crippen molar-refractivity contribution >= 4 is 49.7 Å². The highest BCUT2D eigenvalue weighted by atomic mass is 35.5. The van der Waals surface area contributed by atoms with Crippen LogP contribution in [0.3, 0.4) is 0 Å². The lowest BCUT2D eigenvalue weighted by atomic mass is 9.72. The fourth-order valence-electron chi connectivity index (χ4n) is 6.24. The van der Waals surface area contributed by atoms with Crippen molar-refractivity contribution in [1.82, 2.24) is 9.88 Å². The molecule has 10 heteroatoms.